The van der Waals surface area contributed by atoms with E-state index in [1.54, 1.807) is 4.90 Å². The van der Waals surface area contributed by atoms with Crippen molar-refractivity contribution in [2.75, 3.05) is 13.3 Å². The van der Waals surface area contributed by atoms with Gasteiger partial charge < -0.3 is 4.74 Å². The number of rotatable bonds is 1. The molecule has 3 aromatic rings. The van der Waals surface area contributed by atoms with Gasteiger partial charge in [0.15, 0.2) is 0 Å². The molecule has 6 nitrogen and oxygen atoms in total. The normalized spacial score (nSPS) is 16.7. The summed E-state index contributed by atoms with van der Waals surface area (Å²) >= 11 is 0. The van der Waals surface area contributed by atoms with Crippen LogP contribution in [0, 0.1) is 0 Å². The van der Waals surface area contributed by atoms with E-state index in [0.717, 1.165) is 11.1 Å². The Kier molecular flexibility index (Phi) is 3.35. The molecule has 1 amide bonds. The van der Waals surface area contributed by atoms with Gasteiger partial charge in [0.25, 0.3) is 0 Å². The Morgan fingerprint density at radius 3 is 2.62 bits per heavy atom. The minimum Gasteiger partial charge on any atom is -0.359 e. The first-order valence-corrected chi connectivity index (χ1v) is 7.87. The lowest BCUT2D eigenvalue weighted by atomic mass is 10.1. The number of fused-ring (bicyclic) bond motifs is 1. The SMILES string of the molecule is CC1(C)COCN1C(=O)n1nnc2ccc(-c3ccccc3)cc21. The maximum atomic E-state index is 12.9. The highest BCUT2D eigenvalue weighted by Crippen LogP contribution is 2.26. The molecule has 4 rings (SSSR count). The first-order chi connectivity index (χ1) is 11.6. The first kappa shape index (κ1) is 14.8. The van der Waals surface area contributed by atoms with E-state index < -0.39 is 0 Å². The number of hydrogen-bond donors (Lipinski definition) is 0. The second-order valence-corrected chi connectivity index (χ2v) is 6.57. The van der Waals surface area contributed by atoms with Gasteiger partial charge in [0.1, 0.15) is 17.8 Å². The van der Waals surface area contributed by atoms with Gasteiger partial charge in [0.2, 0.25) is 0 Å². The lowest BCUT2D eigenvalue weighted by Gasteiger charge is -2.28. The van der Waals surface area contributed by atoms with Crippen molar-refractivity contribution < 1.29 is 9.53 Å². The third kappa shape index (κ3) is 2.35. The van der Waals surface area contributed by atoms with Gasteiger partial charge in [-0.15, -0.1) is 5.10 Å². The molecule has 1 aliphatic rings. The van der Waals surface area contributed by atoms with Crippen LogP contribution in [-0.2, 0) is 4.74 Å². The molecule has 24 heavy (non-hydrogen) atoms. The van der Waals surface area contributed by atoms with Crippen molar-refractivity contribution in [3.8, 4) is 11.1 Å². The van der Waals surface area contributed by atoms with E-state index in [1.165, 1.54) is 4.68 Å². The molecule has 0 bridgehead atoms. The Bertz CT molecular complexity index is 902. The Labute approximate surface area is 139 Å². The van der Waals surface area contributed by atoms with Crippen molar-refractivity contribution in [3.63, 3.8) is 0 Å². The average molecular weight is 322 g/mol. The summed E-state index contributed by atoms with van der Waals surface area (Å²) in [7, 11) is 0. The number of carbonyl (C=O) groups is 1. The summed E-state index contributed by atoms with van der Waals surface area (Å²) in [5.74, 6) is 0. The molecule has 1 saturated heterocycles. The lowest BCUT2D eigenvalue weighted by Crippen LogP contribution is -2.46. The molecule has 6 heteroatoms. The molecular formula is C18H18N4O2. The molecule has 2 aromatic carbocycles. The fourth-order valence-electron chi connectivity index (χ4n) is 2.94. The van der Waals surface area contributed by atoms with E-state index >= 15 is 0 Å². The average Bonchev–Trinajstić information content (AvgIpc) is 3.17. The minimum atomic E-state index is -0.355. The fraction of sp³-hybridized carbons (Fsp3) is 0.278. The van der Waals surface area contributed by atoms with E-state index in [2.05, 4.69) is 10.3 Å². The van der Waals surface area contributed by atoms with Crippen molar-refractivity contribution in [1.29, 1.82) is 0 Å². The van der Waals surface area contributed by atoms with Crippen molar-refractivity contribution in [1.82, 2.24) is 19.9 Å². The molecule has 0 atom stereocenters. The summed E-state index contributed by atoms with van der Waals surface area (Å²) in [4.78, 5) is 14.6. The van der Waals surface area contributed by atoms with Crippen LogP contribution in [0.5, 0.6) is 0 Å². The van der Waals surface area contributed by atoms with Gasteiger partial charge in [-0.2, -0.15) is 4.68 Å². The van der Waals surface area contributed by atoms with Gasteiger partial charge in [-0.05, 0) is 37.1 Å². The summed E-state index contributed by atoms with van der Waals surface area (Å²) in [6.45, 7) is 4.74. The zero-order valence-electron chi connectivity index (χ0n) is 13.6. The monoisotopic (exact) mass is 322 g/mol. The number of benzene rings is 2. The van der Waals surface area contributed by atoms with Gasteiger partial charge in [-0.3, -0.25) is 4.90 Å². The molecule has 1 fully saturated rings. The van der Waals surface area contributed by atoms with Gasteiger partial charge in [-0.1, -0.05) is 41.6 Å². The van der Waals surface area contributed by atoms with Gasteiger partial charge in [0, 0.05) is 0 Å². The van der Waals surface area contributed by atoms with Crippen LogP contribution in [0.25, 0.3) is 22.2 Å². The van der Waals surface area contributed by atoms with Crippen LogP contribution < -0.4 is 0 Å². The highest BCUT2D eigenvalue weighted by atomic mass is 16.5. The quantitative estimate of drug-likeness (QED) is 0.690. The minimum absolute atomic E-state index is 0.217. The molecule has 0 radical (unpaired) electrons. The van der Waals surface area contributed by atoms with E-state index in [4.69, 9.17) is 4.74 Å². The Hall–Kier alpha value is -2.73. The molecule has 122 valence electrons. The topological polar surface area (TPSA) is 60.2 Å². The molecule has 0 spiro atoms. The number of carbonyl (C=O) groups excluding carboxylic acids is 1. The molecule has 2 heterocycles. The molecule has 0 unspecified atom stereocenters. The number of amides is 1. The predicted octanol–water partition coefficient (Wildman–Crippen LogP) is 3.13. The van der Waals surface area contributed by atoms with E-state index in [0.29, 0.717) is 17.6 Å². The molecule has 1 aromatic heterocycles. The highest BCUT2D eigenvalue weighted by molar-refractivity contribution is 5.90. The first-order valence-electron chi connectivity index (χ1n) is 7.87. The maximum Gasteiger partial charge on any atom is 0.349 e. The Morgan fingerprint density at radius 1 is 1.12 bits per heavy atom. The van der Waals surface area contributed by atoms with Crippen LogP contribution in [0.15, 0.2) is 48.5 Å². The summed E-state index contributed by atoms with van der Waals surface area (Å²) < 4.78 is 6.80. The molecule has 0 saturated carbocycles. The number of aromatic nitrogens is 3. The van der Waals surface area contributed by atoms with Crippen LogP contribution in [0.2, 0.25) is 0 Å². The van der Waals surface area contributed by atoms with Gasteiger partial charge in [-0.25, -0.2) is 4.79 Å². The smallest absolute Gasteiger partial charge is 0.349 e. The molecule has 0 aliphatic carbocycles. The van der Waals surface area contributed by atoms with Crippen molar-refractivity contribution in [2.45, 2.75) is 19.4 Å². The molecule has 1 aliphatic heterocycles. The van der Waals surface area contributed by atoms with Crippen molar-refractivity contribution in [2.24, 2.45) is 0 Å². The third-order valence-corrected chi connectivity index (χ3v) is 4.37. The summed E-state index contributed by atoms with van der Waals surface area (Å²) in [6, 6.07) is 15.6. The zero-order chi connectivity index (χ0) is 16.7. The lowest BCUT2D eigenvalue weighted by molar-refractivity contribution is 0.138. The van der Waals surface area contributed by atoms with Crippen LogP contribution in [0.4, 0.5) is 4.79 Å². The highest BCUT2D eigenvalue weighted by Gasteiger charge is 2.38. The van der Waals surface area contributed by atoms with Gasteiger partial charge >= 0.3 is 6.03 Å². The van der Waals surface area contributed by atoms with E-state index in [9.17, 15) is 4.79 Å². The van der Waals surface area contributed by atoms with E-state index in [1.807, 2.05) is 62.4 Å². The second-order valence-electron chi connectivity index (χ2n) is 6.57. The van der Waals surface area contributed by atoms with E-state index in [-0.39, 0.29) is 18.3 Å². The standard InChI is InChI=1S/C18H18N4O2/c1-18(2)11-24-12-21(18)17(23)22-16-10-14(8-9-15(16)19-20-22)13-6-4-3-5-7-13/h3-10H,11-12H2,1-2H3. The van der Waals surface area contributed by atoms with Gasteiger partial charge in [0.05, 0.1) is 12.1 Å². The third-order valence-electron chi connectivity index (χ3n) is 4.37. The zero-order valence-corrected chi connectivity index (χ0v) is 13.6. The number of hydrogen-bond acceptors (Lipinski definition) is 4. The largest absolute Gasteiger partial charge is 0.359 e. The summed E-state index contributed by atoms with van der Waals surface area (Å²) in [5.41, 5.74) is 3.15. The fourth-order valence-corrected chi connectivity index (χ4v) is 2.94. The molecule has 0 N–H and O–H groups in total. The van der Waals surface area contributed by atoms with Crippen LogP contribution in [-0.4, -0.2) is 44.8 Å². The maximum absolute atomic E-state index is 12.9. The number of ether oxygens (including phenoxy) is 1. The van der Waals surface area contributed by atoms with Crippen LogP contribution in [0.3, 0.4) is 0 Å². The summed E-state index contributed by atoms with van der Waals surface area (Å²) in [6.07, 6.45) is 0. The van der Waals surface area contributed by atoms with Crippen molar-refractivity contribution in [3.05, 3.63) is 48.5 Å². The Morgan fingerprint density at radius 2 is 1.92 bits per heavy atom. The van der Waals surface area contributed by atoms with Crippen LogP contribution >= 0.6 is 0 Å². The van der Waals surface area contributed by atoms with Crippen LogP contribution in [0.1, 0.15) is 13.8 Å². The summed E-state index contributed by atoms with van der Waals surface area (Å²) in [5, 5.41) is 8.18. The Balaban J connectivity index is 1.78. The molecular weight excluding hydrogens is 304 g/mol. The second kappa shape index (κ2) is 5.42. The predicted molar refractivity (Wildman–Crippen MR) is 90.5 cm³/mol. The van der Waals surface area contributed by atoms with Crippen molar-refractivity contribution >= 4 is 17.1 Å². The number of nitrogens with zero attached hydrogens (tertiary/aromatic N) is 4.